The zero-order chi connectivity index (χ0) is 27.9. The molecule has 2 aliphatic rings. The van der Waals surface area contributed by atoms with E-state index >= 15 is 0 Å². The average molecular weight is 515 g/mol. The highest BCUT2D eigenvalue weighted by molar-refractivity contribution is 5.99. The first kappa shape index (κ1) is 30.1. The van der Waals surface area contributed by atoms with Crippen LogP contribution in [0.15, 0.2) is 81.5 Å². The van der Waals surface area contributed by atoms with Crippen molar-refractivity contribution in [3.8, 4) is 0 Å². The molecule has 1 fully saturated rings. The van der Waals surface area contributed by atoms with Gasteiger partial charge in [0.25, 0.3) is 0 Å². The van der Waals surface area contributed by atoms with Gasteiger partial charge in [-0.2, -0.15) is 0 Å². The summed E-state index contributed by atoms with van der Waals surface area (Å²) in [6.07, 6.45) is 14.4. The van der Waals surface area contributed by atoms with Crippen LogP contribution in [0.2, 0.25) is 0 Å². The molecular formula is C30H44F2N4O. The van der Waals surface area contributed by atoms with Crippen molar-refractivity contribution in [1.29, 1.82) is 0 Å². The molecule has 1 saturated carbocycles. The molecule has 37 heavy (non-hydrogen) atoms. The molecule has 0 radical (unpaired) electrons. The van der Waals surface area contributed by atoms with Crippen molar-refractivity contribution in [3.63, 3.8) is 0 Å². The van der Waals surface area contributed by atoms with Crippen LogP contribution in [0.5, 0.6) is 0 Å². The molecule has 0 aromatic rings. The molecule has 5 nitrogen and oxygen atoms in total. The summed E-state index contributed by atoms with van der Waals surface area (Å²) in [6, 6.07) is -0.269. The van der Waals surface area contributed by atoms with Crippen LogP contribution in [0.25, 0.3) is 0 Å². The Bertz CT molecular complexity index is 1070. The van der Waals surface area contributed by atoms with E-state index in [1.807, 2.05) is 63.2 Å². The molecule has 0 bridgehead atoms. The number of nitrogens with two attached hydrogens (primary N) is 3. The quantitative estimate of drug-likeness (QED) is 0.254. The van der Waals surface area contributed by atoms with E-state index in [9.17, 15) is 13.6 Å². The normalized spacial score (nSPS) is 21.9. The molecule has 0 spiro atoms. The van der Waals surface area contributed by atoms with Crippen molar-refractivity contribution in [1.82, 2.24) is 4.90 Å². The van der Waals surface area contributed by atoms with Crippen LogP contribution in [0.1, 0.15) is 73.1 Å². The maximum absolute atomic E-state index is 13.6. The van der Waals surface area contributed by atoms with Gasteiger partial charge < -0.3 is 22.1 Å². The van der Waals surface area contributed by atoms with Crippen LogP contribution < -0.4 is 17.2 Å². The Morgan fingerprint density at radius 2 is 1.76 bits per heavy atom. The Labute approximate surface area is 221 Å². The molecule has 0 aromatic carbocycles. The Morgan fingerprint density at radius 3 is 2.24 bits per heavy atom. The molecular weight excluding hydrogens is 470 g/mol. The van der Waals surface area contributed by atoms with Crippen molar-refractivity contribution in [2.24, 2.45) is 23.1 Å². The van der Waals surface area contributed by atoms with E-state index in [2.05, 4.69) is 6.08 Å². The zero-order valence-corrected chi connectivity index (χ0v) is 23.2. The number of likely N-dealkylation sites (N-methyl/N-ethyl adjacent to an activating group) is 1. The van der Waals surface area contributed by atoms with Gasteiger partial charge in [-0.1, -0.05) is 23.8 Å². The van der Waals surface area contributed by atoms with E-state index in [1.54, 1.807) is 6.92 Å². The summed E-state index contributed by atoms with van der Waals surface area (Å²) in [7, 11) is 1.92. The summed E-state index contributed by atoms with van der Waals surface area (Å²) >= 11 is 0. The van der Waals surface area contributed by atoms with Gasteiger partial charge in [-0.25, -0.2) is 8.78 Å². The van der Waals surface area contributed by atoms with Gasteiger partial charge in [0.05, 0.1) is 6.04 Å². The fourth-order valence-corrected chi connectivity index (χ4v) is 5.02. The van der Waals surface area contributed by atoms with Gasteiger partial charge in [0.2, 0.25) is 5.92 Å². The number of halogens is 2. The fraction of sp³-hybridized carbons (Fsp3) is 0.500. The van der Waals surface area contributed by atoms with Gasteiger partial charge in [0.15, 0.2) is 5.78 Å². The third-order valence-electron chi connectivity index (χ3n) is 7.16. The second kappa shape index (κ2) is 12.9. The lowest BCUT2D eigenvalue weighted by atomic mass is 9.83. The highest BCUT2D eigenvalue weighted by Crippen LogP contribution is 2.38. The number of carbonyl (C=O) groups excluding carboxylic acids is 1. The lowest BCUT2D eigenvalue weighted by molar-refractivity contribution is -0.113. The second-order valence-corrected chi connectivity index (χ2v) is 10.5. The smallest absolute Gasteiger partial charge is 0.248 e. The van der Waals surface area contributed by atoms with E-state index in [1.165, 1.54) is 6.92 Å². The Kier molecular flexibility index (Phi) is 10.5. The average Bonchev–Trinajstić information content (AvgIpc) is 2.78. The van der Waals surface area contributed by atoms with Crippen molar-refractivity contribution in [2.45, 2.75) is 85.1 Å². The molecule has 1 atom stereocenters. The highest BCUT2D eigenvalue weighted by atomic mass is 19.3. The minimum atomic E-state index is -2.52. The Hall–Kier alpha value is -3.09. The molecule has 0 saturated heterocycles. The largest absolute Gasteiger partial charge is 0.402 e. The lowest BCUT2D eigenvalue weighted by Gasteiger charge is -2.35. The third kappa shape index (κ3) is 8.20. The second-order valence-electron chi connectivity index (χ2n) is 10.5. The van der Waals surface area contributed by atoms with Crippen LogP contribution in [0, 0.1) is 5.92 Å². The van der Waals surface area contributed by atoms with Crippen LogP contribution in [0.4, 0.5) is 8.78 Å². The van der Waals surface area contributed by atoms with Crippen molar-refractivity contribution in [3.05, 3.63) is 81.5 Å². The van der Waals surface area contributed by atoms with Crippen molar-refractivity contribution < 1.29 is 13.6 Å². The fourth-order valence-electron chi connectivity index (χ4n) is 5.02. The minimum absolute atomic E-state index is 0.0275. The van der Waals surface area contributed by atoms with Crippen LogP contribution in [-0.2, 0) is 4.79 Å². The number of Topliss-reactive ketones (excluding diaryl/α,β-unsaturated/α-hetero) is 1. The van der Waals surface area contributed by atoms with Crippen LogP contribution >= 0.6 is 0 Å². The number of hydrogen-bond donors (Lipinski definition) is 3. The summed E-state index contributed by atoms with van der Waals surface area (Å²) in [6.45, 7) is 9.08. The number of hydrogen-bond acceptors (Lipinski definition) is 5. The van der Waals surface area contributed by atoms with Crippen LogP contribution in [-0.4, -0.2) is 29.7 Å². The molecule has 1 aliphatic carbocycles. The molecule has 1 unspecified atom stereocenters. The van der Waals surface area contributed by atoms with E-state index in [4.69, 9.17) is 17.2 Å². The monoisotopic (exact) mass is 514 g/mol. The van der Waals surface area contributed by atoms with E-state index < -0.39 is 5.92 Å². The first-order valence-electron chi connectivity index (χ1n) is 13.0. The molecule has 7 heteroatoms. The SMILES string of the molecule is C/C=C(\C=C/C(N)=C(C)C)C(=C/CCC1CCC(F)(F)CC1)/C1C(N)=CC(C(C(C)=O)=C(C)N)=CN1C. The highest BCUT2D eigenvalue weighted by Gasteiger charge is 2.34. The summed E-state index contributed by atoms with van der Waals surface area (Å²) in [5.74, 6) is -2.35. The summed E-state index contributed by atoms with van der Waals surface area (Å²) in [5, 5.41) is 0. The summed E-state index contributed by atoms with van der Waals surface area (Å²) < 4.78 is 27.2. The van der Waals surface area contributed by atoms with E-state index in [-0.39, 0.29) is 24.7 Å². The van der Waals surface area contributed by atoms with Gasteiger partial charge in [0, 0.05) is 54.3 Å². The number of carbonyl (C=O) groups is 1. The number of nitrogens with zero attached hydrogens (tertiary/aromatic N) is 1. The first-order chi connectivity index (χ1) is 17.3. The Morgan fingerprint density at radius 1 is 1.14 bits per heavy atom. The maximum Gasteiger partial charge on any atom is 0.248 e. The van der Waals surface area contributed by atoms with E-state index in [0.29, 0.717) is 47.0 Å². The van der Waals surface area contributed by atoms with E-state index in [0.717, 1.165) is 29.6 Å². The van der Waals surface area contributed by atoms with Gasteiger partial charge in [-0.3, -0.25) is 4.79 Å². The summed E-state index contributed by atoms with van der Waals surface area (Å²) in [4.78, 5) is 14.2. The first-order valence-corrected chi connectivity index (χ1v) is 13.0. The van der Waals surface area contributed by atoms with Crippen molar-refractivity contribution in [2.75, 3.05) is 7.05 Å². The lowest BCUT2D eigenvalue weighted by Crippen LogP contribution is -2.38. The number of alkyl halides is 2. The number of ketones is 1. The van der Waals surface area contributed by atoms with Gasteiger partial charge in [-0.05, 0) is 89.5 Å². The number of rotatable bonds is 9. The van der Waals surface area contributed by atoms with Crippen LogP contribution in [0.3, 0.4) is 0 Å². The molecule has 1 heterocycles. The molecule has 0 aromatic heterocycles. The minimum Gasteiger partial charge on any atom is -0.402 e. The standard InChI is InChI=1S/C30H44F2N4O/c1-7-23(11-12-26(34)19(2)3)25(10-8-9-22-13-15-30(31,32)16-14-22)29-27(35)17-24(18-36(29)6)28(20(4)33)21(5)37/h7,10-12,17-18,22,29H,8-9,13-16,33-35H2,1-6H3/b12-11-,23-7+,25-10-,28-20?. The van der Waals surface area contributed by atoms with Gasteiger partial charge >= 0.3 is 0 Å². The van der Waals surface area contributed by atoms with Crippen molar-refractivity contribution >= 4 is 5.78 Å². The van der Waals surface area contributed by atoms with Gasteiger partial charge in [0.1, 0.15) is 0 Å². The summed E-state index contributed by atoms with van der Waals surface area (Å²) in [5.41, 5.74) is 24.7. The molecule has 0 amide bonds. The molecule has 1 aliphatic heterocycles. The third-order valence-corrected chi connectivity index (χ3v) is 7.16. The van der Waals surface area contributed by atoms with Gasteiger partial charge in [-0.15, -0.1) is 0 Å². The zero-order valence-electron chi connectivity index (χ0n) is 23.2. The predicted molar refractivity (Wildman–Crippen MR) is 149 cm³/mol. The number of allylic oxidation sites excluding steroid dienone is 9. The molecule has 204 valence electrons. The maximum atomic E-state index is 13.6. The molecule has 6 N–H and O–H groups in total. The predicted octanol–water partition coefficient (Wildman–Crippen LogP) is 6.14. The Balaban J connectivity index is 2.42. The topological polar surface area (TPSA) is 98.4 Å². The molecule has 2 rings (SSSR count).